The van der Waals surface area contributed by atoms with E-state index in [-0.39, 0.29) is 133 Å². The molecule has 2 fully saturated rings. The number of benzene rings is 3. The van der Waals surface area contributed by atoms with Crippen LogP contribution in [0.3, 0.4) is 0 Å². The topological polar surface area (TPSA) is 674 Å². The second-order valence-corrected chi connectivity index (χ2v) is 34.7. The van der Waals surface area contributed by atoms with Crippen LogP contribution in [0.25, 0.3) is 10.9 Å². The van der Waals surface area contributed by atoms with Crippen LogP contribution in [0.5, 0.6) is 11.5 Å². The van der Waals surface area contributed by atoms with Crippen LogP contribution < -0.4 is 98.2 Å². The largest absolute Gasteiger partial charge is 0.508 e. The minimum atomic E-state index is -1.65. The number of H-pyrrole nitrogens is 1. The zero-order valence-corrected chi connectivity index (χ0v) is 76.0. The van der Waals surface area contributed by atoms with Gasteiger partial charge in [-0.3, -0.25) is 76.7 Å². The van der Waals surface area contributed by atoms with Crippen LogP contribution in [0.2, 0.25) is 0 Å². The van der Waals surface area contributed by atoms with Crippen LogP contribution in [-0.2, 0) is 101 Å². The molecular formula is C90H137N21O20. The minimum Gasteiger partial charge on any atom is -0.508 e. The Bertz CT molecular complexity index is 4530. The van der Waals surface area contributed by atoms with Crippen molar-refractivity contribution in [2.45, 2.75) is 281 Å². The summed E-state index contributed by atoms with van der Waals surface area (Å²) in [6, 6.07) is 0.116. The molecule has 15 atom stereocenters. The summed E-state index contributed by atoms with van der Waals surface area (Å²) in [5.74, 6) is -15.5. The molecule has 41 heteroatoms. The van der Waals surface area contributed by atoms with E-state index >= 15 is 0 Å². The smallest absolute Gasteiger partial charge is 0.326 e. The third-order valence-corrected chi connectivity index (χ3v) is 23.1. The second kappa shape index (κ2) is 54.3. The number of carbonyl (C=O) groups excluding carboxylic acids is 16. The van der Waals surface area contributed by atoms with Crippen LogP contribution in [0.1, 0.15) is 194 Å². The Labute approximate surface area is 762 Å². The quantitative estimate of drug-likeness (QED) is 0.0224. The number of rotatable bonds is 57. The van der Waals surface area contributed by atoms with Crippen molar-refractivity contribution in [1.82, 2.24) is 78.6 Å². The van der Waals surface area contributed by atoms with E-state index in [9.17, 15) is 96.8 Å². The Balaban J connectivity index is 1.09. The van der Waals surface area contributed by atoms with Crippen molar-refractivity contribution in [3.05, 3.63) is 95.7 Å². The monoisotopic (exact) mass is 1830 g/mol. The highest BCUT2D eigenvalue weighted by atomic mass is 16.4. The SMILES string of the molecule is CC[C@H](C)[C@H](NC(=O)[C@H](CC(C)C)NC(=O)[C@H](CC(C)C)NC(=O)[C@H](CCCCN)NC(=O)[C@@H]1CCCN1C(=O)[C@H](C)NC(=O)[C@H](CCCCN)NC(=O)CNC(=O)[C@@H]1CCCN1C(=O)[C@H](CCCCN)NC(=O)[C@H](CCC(N)=O)NC(=O)[C@H](CCC(N)=O)NC(=O)[C@H](Cc1ccc(O)cc1)NC(=O)[C@@H](N)Cc1c[nH]c2ccccc12)C(=O)N[C@@H](Cc1ccc(O)cc1)C(=O)O. The Morgan fingerprint density at radius 2 is 0.855 bits per heavy atom. The molecule has 16 amide bonds. The number of unbranched alkanes of at least 4 members (excludes halogenated alkanes) is 3. The molecule has 0 unspecified atom stereocenters. The second-order valence-electron chi connectivity index (χ2n) is 34.7. The molecule has 41 nitrogen and oxygen atoms in total. The first-order valence-corrected chi connectivity index (χ1v) is 45.2. The molecule has 4 aromatic rings. The molecule has 28 N–H and O–H groups in total. The summed E-state index contributed by atoms with van der Waals surface area (Å²) >= 11 is 0. The summed E-state index contributed by atoms with van der Waals surface area (Å²) in [5, 5.41) is 62.6. The standard InChI is InChI=1S/C90H137N21O20/c1-8-52(6)76(87(127)108-70(90(130)131)46-55-28-32-58(113)33-29-55)109-84(124)68(44-51(4)5)107-82(122)67(43-50(2)3)106-79(119)63(22-12-15-39-92)103-86(126)72-25-18-41-110(72)88(128)53(7)99-78(118)62(21-11-14-38-91)100-75(116)49-98-85(125)71-24-17-42-111(71)89(129)66(23-13-16-40-93)104-81(121)65(35-37-74(96)115)101-80(120)64(34-36-73(95)114)102-83(123)69(45-54-26-30-57(112)31-27-54)105-77(117)60(94)47-56-48-97-61-20-10-9-19-59(56)61/h9-10,19-20,26-33,48,50-53,60,62-72,76,97,112-113H,8,11-18,21-25,34-47,49,91-94H2,1-7H3,(H2,95,114)(H2,96,115)(H,98,125)(H,99,118)(H,100,116)(H,101,120)(H,102,123)(H,103,126)(H,104,121)(H,105,117)(H,106,119)(H,107,122)(H,108,127)(H,109,124)(H,130,131)/t52-,53-,60-,62-,63-,64-,65-,66-,67-,68-,69-,70-,71-,72-,76-/m0/s1. The third-order valence-electron chi connectivity index (χ3n) is 23.1. The summed E-state index contributed by atoms with van der Waals surface area (Å²) in [5.41, 5.74) is 37.6. The fourth-order valence-corrected chi connectivity index (χ4v) is 15.7. The van der Waals surface area contributed by atoms with E-state index in [0.29, 0.717) is 56.1 Å². The van der Waals surface area contributed by atoms with Gasteiger partial charge in [0.1, 0.15) is 90.0 Å². The number of nitrogens with zero attached hydrogens (tertiary/aromatic N) is 2. The Hall–Kier alpha value is -12.4. The molecule has 3 aromatic carbocycles. The number of fused-ring (bicyclic) bond motifs is 1. The summed E-state index contributed by atoms with van der Waals surface area (Å²) < 4.78 is 0. The first kappa shape index (κ1) is 107. The maximum atomic E-state index is 14.8. The van der Waals surface area contributed by atoms with Crippen LogP contribution in [-0.4, -0.2) is 254 Å². The maximum Gasteiger partial charge on any atom is 0.326 e. The average molecular weight is 1830 g/mol. The molecule has 3 heterocycles. The van der Waals surface area contributed by atoms with Crippen molar-refractivity contribution in [3.63, 3.8) is 0 Å². The molecule has 1 aromatic heterocycles. The minimum absolute atomic E-state index is 0.00297. The number of primary amides is 2. The van der Waals surface area contributed by atoms with Crippen molar-refractivity contribution < 1.29 is 96.8 Å². The number of para-hydroxylation sites is 1. The van der Waals surface area contributed by atoms with Crippen LogP contribution >= 0.6 is 0 Å². The number of likely N-dealkylation sites (tertiary alicyclic amines) is 2. The summed E-state index contributed by atoms with van der Waals surface area (Å²) in [7, 11) is 0. The van der Waals surface area contributed by atoms with E-state index in [1.54, 1.807) is 20.0 Å². The van der Waals surface area contributed by atoms with Crippen LogP contribution in [0.4, 0.5) is 0 Å². The molecular weight excluding hydrogens is 1700 g/mol. The molecule has 131 heavy (non-hydrogen) atoms. The average Bonchev–Trinajstić information content (AvgIpc) is 1.69. The van der Waals surface area contributed by atoms with Gasteiger partial charge < -0.3 is 128 Å². The molecule has 2 aliphatic rings. The Morgan fingerprint density at radius 3 is 1.34 bits per heavy atom. The maximum absolute atomic E-state index is 14.8. The fraction of sp³-hybridized carbons (Fsp3) is 0.589. The van der Waals surface area contributed by atoms with Crippen LogP contribution in [0.15, 0.2) is 79.0 Å². The Morgan fingerprint density at radius 1 is 0.443 bits per heavy atom. The lowest BCUT2D eigenvalue weighted by atomic mass is 9.95. The fourth-order valence-electron chi connectivity index (χ4n) is 15.7. The number of nitrogens with two attached hydrogens (primary N) is 6. The van der Waals surface area contributed by atoms with Crippen molar-refractivity contribution in [2.24, 2.45) is 52.2 Å². The number of carboxylic acid groups (broad SMARTS) is 1. The van der Waals surface area contributed by atoms with Gasteiger partial charge in [0, 0.05) is 55.9 Å². The number of aromatic hydroxyl groups is 2. The number of aliphatic carboxylic acids is 1. The number of nitrogens with one attached hydrogen (secondary N) is 13. The van der Waals surface area contributed by atoms with Crippen molar-refractivity contribution in [2.75, 3.05) is 39.3 Å². The molecule has 0 radical (unpaired) electrons. The first-order valence-electron chi connectivity index (χ1n) is 45.2. The number of hydrogen-bond donors (Lipinski definition) is 22. The summed E-state index contributed by atoms with van der Waals surface area (Å²) in [4.78, 5) is 244. The van der Waals surface area contributed by atoms with Crippen molar-refractivity contribution in [1.29, 1.82) is 0 Å². The number of aromatic amines is 1. The number of amides is 16. The van der Waals surface area contributed by atoms with Gasteiger partial charge in [0.15, 0.2) is 0 Å². The van der Waals surface area contributed by atoms with E-state index < -0.39 is 223 Å². The molecule has 0 spiro atoms. The van der Waals surface area contributed by atoms with Gasteiger partial charge in [0.25, 0.3) is 0 Å². The molecule has 0 bridgehead atoms. The zero-order chi connectivity index (χ0) is 96.7. The van der Waals surface area contributed by atoms with E-state index in [0.717, 1.165) is 16.5 Å². The Kier molecular flexibility index (Phi) is 44.5. The zero-order valence-electron chi connectivity index (χ0n) is 76.0. The van der Waals surface area contributed by atoms with Crippen molar-refractivity contribution in [3.8, 4) is 11.5 Å². The normalized spacial score (nSPS) is 16.6. The van der Waals surface area contributed by atoms with E-state index in [1.807, 2.05) is 52.0 Å². The molecule has 0 aliphatic carbocycles. The highest BCUT2D eigenvalue weighted by Gasteiger charge is 2.43. The number of carbonyl (C=O) groups is 17. The number of carboxylic acids is 1. The first-order chi connectivity index (χ1) is 62.2. The number of hydrogen-bond acceptors (Lipinski definition) is 23. The van der Waals surface area contributed by atoms with E-state index in [4.69, 9.17) is 34.4 Å². The van der Waals surface area contributed by atoms with Gasteiger partial charge in [-0.1, -0.05) is 90.4 Å². The van der Waals surface area contributed by atoms with Crippen LogP contribution in [0, 0.1) is 17.8 Å². The van der Waals surface area contributed by atoms with Gasteiger partial charge in [-0.15, -0.1) is 0 Å². The van der Waals surface area contributed by atoms with Gasteiger partial charge in [-0.25, -0.2) is 4.79 Å². The number of aromatic nitrogens is 1. The summed E-state index contributed by atoms with van der Waals surface area (Å²) in [6.45, 7) is 12.1. The van der Waals surface area contributed by atoms with Crippen molar-refractivity contribution >= 4 is 111 Å². The molecule has 2 aliphatic heterocycles. The predicted molar refractivity (Wildman–Crippen MR) is 485 cm³/mol. The molecule has 2 saturated heterocycles. The summed E-state index contributed by atoms with van der Waals surface area (Å²) in [6.07, 6.45) is 3.12. The highest BCUT2D eigenvalue weighted by molar-refractivity contribution is 6.01. The lowest BCUT2D eigenvalue weighted by Crippen LogP contribution is -2.60. The highest BCUT2D eigenvalue weighted by Crippen LogP contribution is 2.25. The molecule has 722 valence electrons. The predicted octanol–water partition coefficient (Wildman–Crippen LogP) is -1.47. The van der Waals surface area contributed by atoms with Gasteiger partial charge in [-0.2, -0.15) is 0 Å². The number of phenolic OH excluding ortho intramolecular Hbond substituents is 2. The van der Waals surface area contributed by atoms with Gasteiger partial charge in [-0.05, 0) is 207 Å². The van der Waals surface area contributed by atoms with Gasteiger partial charge in [0.05, 0.1) is 12.6 Å². The number of phenols is 2. The van der Waals surface area contributed by atoms with Gasteiger partial charge in [0.2, 0.25) is 94.5 Å². The lowest BCUT2D eigenvalue weighted by Gasteiger charge is -2.31. The van der Waals surface area contributed by atoms with E-state index in [2.05, 4.69) is 68.8 Å². The lowest BCUT2D eigenvalue weighted by molar-refractivity contribution is -0.142. The third kappa shape index (κ3) is 35.1. The van der Waals surface area contributed by atoms with Gasteiger partial charge >= 0.3 is 5.97 Å². The van der Waals surface area contributed by atoms with E-state index in [1.165, 1.54) is 65.3 Å². The molecule has 6 rings (SSSR count). The molecule has 0 saturated carbocycles.